The normalized spacial score (nSPS) is 12.3. The number of hydrogen-bond donors (Lipinski definition) is 1. The monoisotopic (exact) mass is 298 g/mol. The van der Waals surface area contributed by atoms with Crippen LogP contribution in [0.4, 0.5) is 5.69 Å². The zero-order chi connectivity index (χ0) is 14.8. The van der Waals surface area contributed by atoms with E-state index in [2.05, 4.69) is 52.0 Å². The van der Waals surface area contributed by atoms with Gasteiger partial charge in [0.2, 0.25) is 0 Å². The molecular formula is C16H18N4S. The molecule has 0 aliphatic rings. The second-order valence-electron chi connectivity index (χ2n) is 5.14. The summed E-state index contributed by atoms with van der Waals surface area (Å²) in [5, 5.41) is 10.9. The van der Waals surface area contributed by atoms with E-state index in [1.54, 1.807) is 11.3 Å². The van der Waals surface area contributed by atoms with Crippen LogP contribution in [0.15, 0.2) is 42.0 Å². The van der Waals surface area contributed by atoms with Crippen molar-refractivity contribution < 1.29 is 0 Å². The second-order valence-corrected chi connectivity index (χ2v) is 6.20. The largest absolute Gasteiger partial charge is 0.378 e. The van der Waals surface area contributed by atoms with E-state index < -0.39 is 0 Å². The maximum Gasteiger partial charge on any atom is 0.0901 e. The molecule has 4 nitrogen and oxygen atoms in total. The van der Waals surface area contributed by atoms with Gasteiger partial charge in [-0.1, -0.05) is 12.1 Å². The molecule has 1 unspecified atom stereocenters. The number of rotatable bonds is 4. The third-order valence-corrected chi connectivity index (χ3v) is 4.18. The zero-order valence-corrected chi connectivity index (χ0v) is 13.2. The minimum atomic E-state index is 0.228. The Bertz CT molecular complexity index is 727. The highest BCUT2D eigenvalue weighted by molar-refractivity contribution is 7.09. The number of benzene rings is 1. The predicted octanol–water partition coefficient (Wildman–Crippen LogP) is 4.03. The van der Waals surface area contributed by atoms with E-state index in [4.69, 9.17) is 0 Å². The molecule has 5 heteroatoms. The molecule has 0 radical (unpaired) electrons. The number of hydrogen-bond acceptors (Lipinski definition) is 4. The third kappa shape index (κ3) is 3.13. The maximum atomic E-state index is 4.51. The molecule has 0 saturated carbocycles. The van der Waals surface area contributed by atoms with E-state index in [9.17, 15) is 0 Å². The standard InChI is InChI=1S/C16H18N4S/c1-11(14-8-17-20(3)9-14)18-15-6-4-13(5-7-15)16-10-21-12(2)19-16/h4-11,18H,1-3H3. The second kappa shape index (κ2) is 5.69. The van der Waals surface area contributed by atoms with Crippen LogP contribution in [0, 0.1) is 6.92 Å². The maximum absolute atomic E-state index is 4.51. The Morgan fingerprint density at radius 2 is 2.00 bits per heavy atom. The lowest BCUT2D eigenvalue weighted by Crippen LogP contribution is -2.05. The molecule has 0 fully saturated rings. The van der Waals surface area contributed by atoms with Gasteiger partial charge in [-0.25, -0.2) is 4.98 Å². The Hall–Kier alpha value is -2.14. The van der Waals surface area contributed by atoms with Crippen molar-refractivity contribution in [2.75, 3.05) is 5.32 Å². The van der Waals surface area contributed by atoms with Crippen molar-refractivity contribution in [3.8, 4) is 11.3 Å². The summed E-state index contributed by atoms with van der Waals surface area (Å²) in [5.41, 5.74) is 4.47. The van der Waals surface area contributed by atoms with E-state index in [0.717, 1.165) is 22.0 Å². The van der Waals surface area contributed by atoms with Crippen molar-refractivity contribution >= 4 is 17.0 Å². The summed E-state index contributed by atoms with van der Waals surface area (Å²) in [6.07, 6.45) is 3.92. The van der Waals surface area contributed by atoms with Crippen molar-refractivity contribution in [3.05, 3.63) is 52.6 Å². The fourth-order valence-electron chi connectivity index (χ4n) is 2.23. The molecule has 1 N–H and O–H groups in total. The van der Waals surface area contributed by atoms with Crippen LogP contribution in [-0.4, -0.2) is 14.8 Å². The third-order valence-electron chi connectivity index (χ3n) is 3.41. The van der Waals surface area contributed by atoms with Gasteiger partial charge in [-0.3, -0.25) is 4.68 Å². The van der Waals surface area contributed by atoms with Gasteiger partial charge < -0.3 is 5.32 Å². The van der Waals surface area contributed by atoms with Crippen LogP contribution in [-0.2, 0) is 7.05 Å². The topological polar surface area (TPSA) is 42.7 Å². The summed E-state index contributed by atoms with van der Waals surface area (Å²) < 4.78 is 1.82. The fraction of sp³-hybridized carbons (Fsp3) is 0.250. The minimum Gasteiger partial charge on any atom is -0.378 e. The number of aromatic nitrogens is 3. The predicted molar refractivity (Wildman–Crippen MR) is 87.5 cm³/mol. The lowest BCUT2D eigenvalue weighted by Gasteiger charge is -2.13. The van der Waals surface area contributed by atoms with Gasteiger partial charge in [0.05, 0.1) is 22.9 Å². The van der Waals surface area contributed by atoms with Crippen LogP contribution in [0.5, 0.6) is 0 Å². The highest BCUT2D eigenvalue weighted by Gasteiger charge is 2.08. The van der Waals surface area contributed by atoms with Gasteiger partial charge in [0.15, 0.2) is 0 Å². The van der Waals surface area contributed by atoms with Gasteiger partial charge in [-0.05, 0) is 26.0 Å². The van der Waals surface area contributed by atoms with Crippen LogP contribution in [0.3, 0.4) is 0 Å². The molecule has 0 amide bonds. The smallest absolute Gasteiger partial charge is 0.0901 e. The molecule has 0 bridgehead atoms. The summed E-state index contributed by atoms with van der Waals surface area (Å²) in [6.45, 7) is 4.16. The molecular weight excluding hydrogens is 280 g/mol. The van der Waals surface area contributed by atoms with Gasteiger partial charge >= 0.3 is 0 Å². The van der Waals surface area contributed by atoms with Crippen molar-refractivity contribution in [3.63, 3.8) is 0 Å². The first-order valence-corrected chi connectivity index (χ1v) is 7.77. The Morgan fingerprint density at radius 3 is 2.57 bits per heavy atom. The van der Waals surface area contributed by atoms with E-state index >= 15 is 0 Å². The average molecular weight is 298 g/mol. The SMILES string of the molecule is Cc1nc(-c2ccc(NC(C)c3cnn(C)c3)cc2)cs1. The molecule has 2 heterocycles. The first-order valence-electron chi connectivity index (χ1n) is 6.89. The minimum absolute atomic E-state index is 0.228. The van der Waals surface area contributed by atoms with Crippen molar-refractivity contribution in [2.45, 2.75) is 19.9 Å². The lowest BCUT2D eigenvalue weighted by atomic mass is 10.1. The number of thiazole rings is 1. The van der Waals surface area contributed by atoms with Gasteiger partial charge in [-0.15, -0.1) is 11.3 Å². The number of nitrogens with zero attached hydrogens (tertiary/aromatic N) is 3. The summed E-state index contributed by atoms with van der Waals surface area (Å²) >= 11 is 1.68. The first kappa shape index (κ1) is 13.8. The Morgan fingerprint density at radius 1 is 1.24 bits per heavy atom. The van der Waals surface area contributed by atoms with E-state index in [1.165, 1.54) is 5.56 Å². The van der Waals surface area contributed by atoms with Crippen LogP contribution >= 0.6 is 11.3 Å². The Labute approximate surface area is 128 Å². The average Bonchev–Trinajstić information content (AvgIpc) is 3.08. The molecule has 3 aromatic rings. The summed E-state index contributed by atoms with van der Waals surface area (Å²) in [7, 11) is 1.93. The molecule has 1 aromatic carbocycles. The van der Waals surface area contributed by atoms with Crippen molar-refractivity contribution in [2.24, 2.45) is 7.05 Å². The van der Waals surface area contributed by atoms with Crippen LogP contribution in [0.2, 0.25) is 0 Å². The number of nitrogens with one attached hydrogen (secondary N) is 1. The van der Waals surface area contributed by atoms with Gasteiger partial charge in [0.1, 0.15) is 0 Å². The molecule has 0 aliphatic heterocycles. The Kier molecular flexibility index (Phi) is 3.75. The fourth-order valence-corrected chi connectivity index (χ4v) is 2.85. The summed E-state index contributed by atoms with van der Waals surface area (Å²) in [5.74, 6) is 0. The quantitative estimate of drug-likeness (QED) is 0.791. The van der Waals surface area contributed by atoms with Crippen molar-refractivity contribution in [1.82, 2.24) is 14.8 Å². The van der Waals surface area contributed by atoms with Crippen LogP contribution in [0.25, 0.3) is 11.3 Å². The molecule has 1 atom stereocenters. The molecule has 108 valence electrons. The molecule has 2 aromatic heterocycles. The summed E-state index contributed by atoms with van der Waals surface area (Å²) in [6, 6.07) is 8.62. The first-order chi connectivity index (χ1) is 10.1. The highest BCUT2D eigenvalue weighted by atomic mass is 32.1. The van der Waals surface area contributed by atoms with Gasteiger partial charge in [0, 0.05) is 35.4 Å². The van der Waals surface area contributed by atoms with E-state index in [1.807, 2.05) is 31.0 Å². The van der Waals surface area contributed by atoms with Gasteiger partial charge in [-0.2, -0.15) is 5.10 Å². The molecule has 0 saturated heterocycles. The van der Waals surface area contributed by atoms with Crippen molar-refractivity contribution in [1.29, 1.82) is 0 Å². The molecule has 21 heavy (non-hydrogen) atoms. The van der Waals surface area contributed by atoms with Gasteiger partial charge in [0.25, 0.3) is 0 Å². The zero-order valence-electron chi connectivity index (χ0n) is 12.4. The highest BCUT2D eigenvalue weighted by Crippen LogP contribution is 2.24. The van der Waals surface area contributed by atoms with Crippen LogP contribution < -0.4 is 5.32 Å². The Balaban J connectivity index is 1.72. The molecule has 0 spiro atoms. The molecule has 0 aliphatic carbocycles. The van der Waals surface area contributed by atoms with E-state index in [0.29, 0.717) is 0 Å². The summed E-state index contributed by atoms with van der Waals surface area (Å²) in [4.78, 5) is 4.51. The lowest BCUT2D eigenvalue weighted by molar-refractivity contribution is 0.765. The van der Waals surface area contributed by atoms with Crippen LogP contribution in [0.1, 0.15) is 23.5 Å². The molecule has 3 rings (SSSR count). The number of anilines is 1. The van der Waals surface area contributed by atoms with E-state index in [-0.39, 0.29) is 6.04 Å². The number of aryl methyl sites for hydroxylation is 2.